The molecule has 0 bridgehead atoms. The molecule has 84 valence electrons. The molecule has 0 saturated heterocycles. The number of hydrogen-bond donors (Lipinski definition) is 1. The minimum atomic E-state index is -2.78. The fourth-order valence-electron chi connectivity index (χ4n) is 1.63. The lowest BCUT2D eigenvalue weighted by Crippen LogP contribution is -2.07. The third kappa shape index (κ3) is 3.16. The molecule has 15 heavy (non-hydrogen) atoms. The van der Waals surface area contributed by atoms with E-state index < -0.39 is 6.61 Å². The zero-order valence-corrected chi connectivity index (χ0v) is 8.89. The first kappa shape index (κ1) is 11.9. The topological polar surface area (TPSA) is 35.2 Å². The molecular weight excluding hydrogens is 200 g/mol. The van der Waals surface area contributed by atoms with Gasteiger partial charge in [-0.05, 0) is 43.5 Å². The fraction of sp³-hybridized carbons (Fsp3) is 0.455. The van der Waals surface area contributed by atoms with Gasteiger partial charge in [-0.1, -0.05) is 12.1 Å². The Kier molecular flexibility index (Phi) is 4.03. The van der Waals surface area contributed by atoms with Crippen LogP contribution in [0.25, 0.3) is 0 Å². The summed E-state index contributed by atoms with van der Waals surface area (Å²) in [7, 11) is 0. The molecule has 0 aromatic heterocycles. The van der Waals surface area contributed by atoms with Crippen molar-refractivity contribution in [3.63, 3.8) is 0 Å². The van der Waals surface area contributed by atoms with Crippen LogP contribution >= 0.6 is 0 Å². The van der Waals surface area contributed by atoms with Crippen molar-refractivity contribution < 1.29 is 13.5 Å². The van der Waals surface area contributed by atoms with Crippen LogP contribution in [0.2, 0.25) is 0 Å². The van der Waals surface area contributed by atoms with Crippen molar-refractivity contribution in [3.05, 3.63) is 28.8 Å². The van der Waals surface area contributed by atoms with Crippen LogP contribution in [0.15, 0.2) is 12.1 Å². The zero-order valence-electron chi connectivity index (χ0n) is 8.89. The monoisotopic (exact) mass is 215 g/mol. The van der Waals surface area contributed by atoms with Crippen LogP contribution in [0.5, 0.6) is 5.75 Å². The SMILES string of the molecule is Cc1cc(CCN)cc(C)c1OC(F)F. The molecule has 0 aliphatic carbocycles. The molecule has 0 amide bonds. The lowest BCUT2D eigenvalue weighted by Gasteiger charge is -2.12. The Bertz CT molecular complexity index is 316. The van der Waals surface area contributed by atoms with Gasteiger partial charge in [0.25, 0.3) is 0 Å². The van der Waals surface area contributed by atoms with E-state index in [2.05, 4.69) is 4.74 Å². The quantitative estimate of drug-likeness (QED) is 0.837. The van der Waals surface area contributed by atoms with E-state index in [0.29, 0.717) is 6.54 Å². The van der Waals surface area contributed by atoms with Gasteiger partial charge in [-0.2, -0.15) is 8.78 Å². The molecule has 1 aromatic rings. The Morgan fingerprint density at radius 2 is 1.80 bits per heavy atom. The van der Waals surface area contributed by atoms with Crippen molar-refractivity contribution in [1.82, 2.24) is 0 Å². The van der Waals surface area contributed by atoms with Gasteiger partial charge in [0.1, 0.15) is 5.75 Å². The number of aryl methyl sites for hydroxylation is 2. The third-order valence-electron chi connectivity index (χ3n) is 2.16. The first-order valence-electron chi connectivity index (χ1n) is 4.79. The highest BCUT2D eigenvalue weighted by molar-refractivity contribution is 5.43. The van der Waals surface area contributed by atoms with Crippen LogP contribution in [0.4, 0.5) is 8.78 Å². The van der Waals surface area contributed by atoms with Crippen molar-refractivity contribution >= 4 is 0 Å². The lowest BCUT2D eigenvalue weighted by molar-refractivity contribution is -0.0507. The number of alkyl halides is 2. The maximum Gasteiger partial charge on any atom is 0.387 e. The van der Waals surface area contributed by atoms with Crippen LogP contribution < -0.4 is 10.5 Å². The lowest BCUT2D eigenvalue weighted by atomic mass is 10.0. The Morgan fingerprint density at radius 1 is 1.27 bits per heavy atom. The van der Waals surface area contributed by atoms with Gasteiger partial charge in [-0.25, -0.2) is 0 Å². The Labute approximate surface area is 88.0 Å². The summed E-state index contributed by atoms with van der Waals surface area (Å²) in [6, 6.07) is 3.66. The smallest absolute Gasteiger partial charge is 0.387 e. The molecule has 0 aliphatic rings. The molecule has 0 radical (unpaired) electrons. The van der Waals surface area contributed by atoms with Gasteiger partial charge in [0.2, 0.25) is 0 Å². The second-order valence-electron chi connectivity index (χ2n) is 3.48. The standard InChI is InChI=1S/C11H15F2NO/c1-7-5-9(3-4-14)6-8(2)10(7)15-11(12)13/h5-6,11H,3-4,14H2,1-2H3. The van der Waals surface area contributed by atoms with Gasteiger partial charge in [-0.3, -0.25) is 0 Å². The van der Waals surface area contributed by atoms with E-state index in [0.717, 1.165) is 23.1 Å². The number of hydrogen-bond acceptors (Lipinski definition) is 2. The first-order chi connectivity index (χ1) is 7.04. The minimum Gasteiger partial charge on any atom is -0.434 e. The van der Waals surface area contributed by atoms with Crippen molar-refractivity contribution in [2.24, 2.45) is 5.73 Å². The van der Waals surface area contributed by atoms with Gasteiger partial charge in [-0.15, -0.1) is 0 Å². The van der Waals surface area contributed by atoms with E-state index in [9.17, 15) is 8.78 Å². The summed E-state index contributed by atoms with van der Waals surface area (Å²) in [4.78, 5) is 0. The maximum absolute atomic E-state index is 12.1. The second-order valence-corrected chi connectivity index (χ2v) is 3.48. The number of rotatable bonds is 4. The summed E-state index contributed by atoms with van der Waals surface area (Å²) in [5.74, 6) is 0.269. The van der Waals surface area contributed by atoms with E-state index in [1.807, 2.05) is 12.1 Å². The molecule has 0 atom stereocenters. The van der Waals surface area contributed by atoms with Crippen LogP contribution in [-0.4, -0.2) is 13.2 Å². The molecule has 0 heterocycles. The van der Waals surface area contributed by atoms with E-state index in [1.165, 1.54) is 0 Å². The molecule has 1 rings (SSSR count). The summed E-state index contributed by atoms with van der Waals surface area (Å²) < 4.78 is 28.6. The van der Waals surface area contributed by atoms with E-state index >= 15 is 0 Å². The van der Waals surface area contributed by atoms with Gasteiger partial charge >= 0.3 is 6.61 Å². The van der Waals surface area contributed by atoms with Gasteiger partial charge in [0.05, 0.1) is 0 Å². The number of ether oxygens (including phenoxy) is 1. The van der Waals surface area contributed by atoms with Crippen LogP contribution in [0.3, 0.4) is 0 Å². The van der Waals surface area contributed by atoms with Gasteiger partial charge < -0.3 is 10.5 Å². The van der Waals surface area contributed by atoms with Crippen molar-refractivity contribution in [2.75, 3.05) is 6.54 Å². The number of halogens is 2. The predicted octanol–water partition coefficient (Wildman–Crippen LogP) is 2.41. The Hall–Kier alpha value is -1.16. The summed E-state index contributed by atoms with van der Waals surface area (Å²) in [5.41, 5.74) is 7.92. The molecule has 2 N–H and O–H groups in total. The Morgan fingerprint density at radius 3 is 2.20 bits per heavy atom. The van der Waals surface area contributed by atoms with Gasteiger partial charge in [0.15, 0.2) is 0 Å². The average Bonchev–Trinajstić information content (AvgIpc) is 2.11. The molecule has 2 nitrogen and oxygen atoms in total. The molecule has 0 aliphatic heterocycles. The van der Waals surface area contributed by atoms with Crippen LogP contribution in [-0.2, 0) is 6.42 Å². The van der Waals surface area contributed by atoms with E-state index in [-0.39, 0.29) is 5.75 Å². The summed E-state index contributed by atoms with van der Waals surface area (Å²) >= 11 is 0. The molecule has 4 heteroatoms. The average molecular weight is 215 g/mol. The van der Waals surface area contributed by atoms with Crippen molar-refractivity contribution in [1.29, 1.82) is 0 Å². The molecule has 0 unspecified atom stereocenters. The van der Waals surface area contributed by atoms with Crippen LogP contribution in [0.1, 0.15) is 16.7 Å². The first-order valence-corrected chi connectivity index (χ1v) is 4.79. The van der Waals surface area contributed by atoms with Crippen molar-refractivity contribution in [2.45, 2.75) is 26.9 Å². The molecular formula is C11H15F2NO. The zero-order chi connectivity index (χ0) is 11.4. The number of benzene rings is 1. The highest BCUT2D eigenvalue weighted by Crippen LogP contribution is 2.26. The van der Waals surface area contributed by atoms with Gasteiger partial charge in [0, 0.05) is 0 Å². The largest absolute Gasteiger partial charge is 0.434 e. The molecule has 0 fully saturated rings. The maximum atomic E-state index is 12.1. The second kappa shape index (κ2) is 5.07. The summed E-state index contributed by atoms with van der Waals surface area (Å²) in [6.07, 6.45) is 0.747. The molecule has 0 spiro atoms. The fourth-order valence-corrected chi connectivity index (χ4v) is 1.63. The predicted molar refractivity (Wildman–Crippen MR) is 55.3 cm³/mol. The van der Waals surface area contributed by atoms with Crippen LogP contribution in [0, 0.1) is 13.8 Å². The molecule has 0 saturated carbocycles. The van der Waals surface area contributed by atoms with Crippen molar-refractivity contribution in [3.8, 4) is 5.75 Å². The number of nitrogens with two attached hydrogens (primary N) is 1. The third-order valence-corrected chi connectivity index (χ3v) is 2.16. The summed E-state index contributed by atoms with van der Waals surface area (Å²) in [5, 5.41) is 0. The highest BCUT2D eigenvalue weighted by Gasteiger charge is 2.11. The van der Waals surface area contributed by atoms with E-state index in [4.69, 9.17) is 5.73 Å². The molecule has 1 aromatic carbocycles. The minimum absolute atomic E-state index is 0.269. The highest BCUT2D eigenvalue weighted by atomic mass is 19.3. The summed E-state index contributed by atoms with van der Waals surface area (Å²) in [6.45, 7) is 1.28. The Balaban J connectivity index is 2.98. The van der Waals surface area contributed by atoms with E-state index in [1.54, 1.807) is 13.8 Å². The normalized spacial score (nSPS) is 10.8.